The molecule has 5 heteroatoms. The Labute approximate surface area is 125 Å². The number of ether oxygens (including phenoxy) is 3. The van der Waals surface area contributed by atoms with Gasteiger partial charge in [0.1, 0.15) is 5.57 Å². The van der Waals surface area contributed by atoms with Crippen LogP contribution in [-0.2, 0) is 40.7 Å². The summed E-state index contributed by atoms with van der Waals surface area (Å²) in [5, 5.41) is 0. The topological polar surface area (TPSA) is 44.8 Å². The van der Waals surface area contributed by atoms with Crippen molar-refractivity contribution < 1.29 is 40.7 Å². The molecule has 0 aromatic rings. The molecule has 0 saturated carbocycles. The maximum atomic E-state index is 11.7. The Hall–Kier alpha value is -0.476. The molecule has 0 aliphatic heterocycles. The van der Waals surface area contributed by atoms with E-state index in [1.807, 2.05) is 27.7 Å². The number of hydrogen-bond donors (Lipinski definition) is 0. The Morgan fingerprint density at radius 1 is 0.778 bits per heavy atom. The predicted octanol–water partition coefficient (Wildman–Crippen LogP) is 3.02. The summed E-state index contributed by atoms with van der Waals surface area (Å²) in [5.41, 5.74) is 0.362. The minimum absolute atomic E-state index is 0. The van der Waals surface area contributed by atoms with Crippen LogP contribution < -0.4 is 0 Å². The van der Waals surface area contributed by atoms with E-state index >= 15 is 0 Å². The quantitative estimate of drug-likeness (QED) is 0.327. The third kappa shape index (κ3) is 8.59. The van der Waals surface area contributed by atoms with Gasteiger partial charge in [0.25, 0.3) is 5.95 Å². The zero-order valence-corrected chi connectivity index (χ0v) is 13.9. The summed E-state index contributed by atoms with van der Waals surface area (Å²) < 4.78 is 16.1. The largest absolute Gasteiger partial charge is 0.462 e. The van der Waals surface area contributed by atoms with Crippen LogP contribution in [0.15, 0.2) is 11.5 Å². The van der Waals surface area contributed by atoms with Crippen molar-refractivity contribution in [3.05, 3.63) is 11.5 Å². The molecule has 0 spiro atoms. The Morgan fingerprint density at radius 2 is 1.11 bits per heavy atom. The molecule has 0 radical (unpaired) electrons. The zero-order chi connectivity index (χ0) is 13.6. The van der Waals surface area contributed by atoms with Gasteiger partial charge in [-0.2, -0.15) is 0 Å². The summed E-state index contributed by atoms with van der Waals surface area (Å²) in [6, 6.07) is 0. The molecule has 0 heterocycles. The maximum absolute atomic E-state index is 11.7. The van der Waals surface area contributed by atoms with Crippen molar-refractivity contribution in [1.82, 2.24) is 0 Å². The van der Waals surface area contributed by atoms with Gasteiger partial charge in [0.2, 0.25) is 0 Å². The monoisotopic (exact) mass is 292 g/mol. The minimum atomic E-state index is -0.406. The number of carbonyl (C=O) groups is 1. The van der Waals surface area contributed by atoms with Crippen LogP contribution in [-0.4, -0.2) is 24.3 Å². The van der Waals surface area contributed by atoms with E-state index in [-0.39, 0.29) is 46.0 Å². The third-order valence-electron chi connectivity index (χ3n) is 1.64. The Kier molecular flexibility index (Phi) is 10.4. The van der Waals surface area contributed by atoms with Crippen LogP contribution in [0.3, 0.4) is 0 Å². The van der Waals surface area contributed by atoms with Crippen molar-refractivity contribution in [2.24, 2.45) is 0 Å². The van der Waals surface area contributed by atoms with Crippen LogP contribution in [0.1, 0.15) is 48.5 Å². The summed E-state index contributed by atoms with van der Waals surface area (Å²) in [5.74, 6) is -0.156. The molecular weight excluding hydrogens is 268 g/mol. The van der Waals surface area contributed by atoms with E-state index in [4.69, 9.17) is 14.2 Å². The van der Waals surface area contributed by atoms with Crippen molar-refractivity contribution in [2.45, 2.75) is 66.8 Å². The van der Waals surface area contributed by atoms with Gasteiger partial charge in [0.05, 0.1) is 18.3 Å². The van der Waals surface area contributed by atoms with Gasteiger partial charge in [-0.05, 0) is 48.5 Å². The fraction of sp³-hybridized carbons (Fsp3) is 0.769. The number of rotatable bonds is 6. The average Bonchev–Trinajstić information content (AvgIpc) is 2.12. The molecule has 0 N–H and O–H groups in total. The summed E-state index contributed by atoms with van der Waals surface area (Å²) in [6.45, 7) is 12.8. The summed E-state index contributed by atoms with van der Waals surface area (Å²) in [4.78, 5) is 11.7. The second-order valence-electron chi connectivity index (χ2n) is 4.70. The molecule has 0 aliphatic carbocycles. The molecule has 0 atom stereocenters. The van der Waals surface area contributed by atoms with Gasteiger partial charge in [-0.3, -0.25) is 0 Å². The van der Waals surface area contributed by atoms with Crippen molar-refractivity contribution in [3.63, 3.8) is 0 Å². The van der Waals surface area contributed by atoms with Gasteiger partial charge in [-0.15, -0.1) is 0 Å². The Balaban J connectivity index is 0. The minimum Gasteiger partial charge on any atom is -0.462 e. The molecular formula is C13H24O4Ti. The van der Waals surface area contributed by atoms with Crippen molar-refractivity contribution in [3.8, 4) is 0 Å². The second kappa shape index (κ2) is 9.45. The average molecular weight is 292 g/mol. The van der Waals surface area contributed by atoms with Gasteiger partial charge >= 0.3 is 5.97 Å². The van der Waals surface area contributed by atoms with E-state index in [1.165, 1.54) is 0 Å². The van der Waals surface area contributed by atoms with Crippen LogP contribution in [0.2, 0.25) is 0 Å². The van der Waals surface area contributed by atoms with Gasteiger partial charge in [0.15, 0.2) is 0 Å². The molecule has 0 aromatic carbocycles. The fourth-order valence-corrected chi connectivity index (χ4v) is 1.02. The Bertz CT molecular complexity index is 271. The van der Waals surface area contributed by atoms with Crippen molar-refractivity contribution >= 4 is 5.97 Å². The molecule has 4 nitrogen and oxygen atoms in total. The predicted molar refractivity (Wildman–Crippen MR) is 66.4 cm³/mol. The number of carbonyl (C=O) groups excluding carboxylic acids is 1. The van der Waals surface area contributed by atoms with Crippen molar-refractivity contribution in [1.29, 1.82) is 0 Å². The molecule has 0 unspecified atom stereocenters. The number of hydrogen-bond acceptors (Lipinski definition) is 4. The first kappa shape index (κ1) is 19.9. The molecule has 104 valence electrons. The molecule has 0 fully saturated rings. The Morgan fingerprint density at radius 3 is 1.39 bits per heavy atom. The van der Waals surface area contributed by atoms with Gasteiger partial charge in [-0.1, -0.05) is 0 Å². The molecule has 0 saturated heterocycles. The summed E-state index contributed by atoms with van der Waals surface area (Å²) in [6.07, 6.45) is -0.257. The van der Waals surface area contributed by atoms with Gasteiger partial charge in [0, 0.05) is 21.7 Å². The van der Waals surface area contributed by atoms with E-state index in [0.29, 0.717) is 5.57 Å². The van der Waals surface area contributed by atoms with E-state index in [0.717, 1.165) is 0 Å². The smallest absolute Gasteiger partial charge is 0.341 e. The first-order valence-corrected chi connectivity index (χ1v) is 5.99. The molecule has 0 rings (SSSR count). The van der Waals surface area contributed by atoms with Gasteiger partial charge < -0.3 is 14.2 Å². The van der Waals surface area contributed by atoms with E-state index in [2.05, 4.69) is 0 Å². The van der Waals surface area contributed by atoms with Crippen LogP contribution in [0.5, 0.6) is 0 Å². The SMILES string of the molecule is CC(C(=O)OC(C)C)=C(OC(C)C)OC(C)C.[Ti]. The van der Waals surface area contributed by atoms with Crippen molar-refractivity contribution in [2.75, 3.05) is 0 Å². The standard InChI is InChI=1S/C13H24O4.Ti/c1-8(2)15-12(14)11(7)13(16-9(3)4)17-10(5)6;/h8-10H,1-7H3;. The molecule has 0 aliphatic rings. The van der Waals surface area contributed by atoms with E-state index in [9.17, 15) is 4.79 Å². The maximum Gasteiger partial charge on any atom is 0.341 e. The third-order valence-corrected chi connectivity index (χ3v) is 1.64. The molecule has 18 heavy (non-hydrogen) atoms. The first-order chi connectivity index (χ1) is 7.73. The first-order valence-electron chi connectivity index (χ1n) is 5.99. The fourth-order valence-electron chi connectivity index (χ4n) is 1.02. The number of esters is 1. The van der Waals surface area contributed by atoms with Crippen LogP contribution >= 0.6 is 0 Å². The van der Waals surface area contributed by atoms with Crippen LogP contribution in [0.25, 0.3) is 0 Å². The second-order valence-corrected chi connectivity index (χ2v) is 4.70. The molecule has 0 bridgehead atoms. The van der Waals surface area contributed by atoms with Crippen LogP contribution in [0.4, 0.5) is 0 Å². The molecule has 0 aromatic heterocycles. The van der Waals surface area contributed by atoms with E-state index < -0.39 is 5.97 Å². The summed E-state index contributed by atoms with van der Waals surface area (Å²) >= 11 is 0. The zero-order valence-electron chi connectivity index (χ0n) is 12.4. The van der Waals surface area contributed by atoms with Crippen LogP contribution in [0, 0.1) is 0 Å². The molecule has 0 amide bonds. The van der Waals surface area contributed by atoms with Gasteiger partial charge in [-0.25, -0.2) is 4.79 Å². The van der Waals surface area contributed by atoms with E-state index in [1.54, 1.807) is 20.8 Å². The normalized spacial score (nSPS) is 10.1. The summed E-state index contributed by atoms with van der Waals surface area (Å²) in [7, 11) is 0.